The molecule has 0 bridgehead atoms. The molecule has 1 aromatic carbocycles. The smallest absolute Gasteiger partial charge is 0.251 e. The number of hydrogen-bond donors (Lipinski definition) is 2. The lowest BCUT2D eigenvalue weighted by Crippen LogP contribution is -2.57. The third kappa shape index (κ3) is 3.23. The van der Waals surface area contributed by atoms with Crippen LogP contribution in [0.3, 0.4) is 0 Å². The molecule has 0 radical (unpaired) electrons. The van der Waals surface area contributed by atoms with Gasteiger partial charge in [0.25, 0.3) is 5.91 Å². The van der Waals surface area contributed by atoms with Crippen molar-refractivity contribution >= 4 is 5.91 Å². The van der Waals surface area contributed by atoms with Gasteiger partial charge in [-0.2, -0.15) is 0 Å². The van der Waals surface area contributed by atoms with Crippen LogP contribution in [0.25, 0.3) is 0 Å². The van der Waals surface area contributed by atoms with E-state index in [1.807, 2.05) is 0 Å². The van der Waals surface area contributed by atoms with Crippen LogP contribution in [-0.4, -0.2) is 29.3 Å². The number of amides is 1. The zero-order valence-electron chi connectivity index (χ0n) is 11.6. The second-order valence-corrected chi connectivity index (χ2v) is 5.37. The van der Waals surface area contributed by atoms with E-state index in [1.54, 1.807) is 59.1 Å². The molecule has 0 aliphatic rings. The molecule has 0 aliphatic heterocycles. The Balaban J connectivity index is 2.82. The van der Waals surface area contributed by atoms with Crippen LogP contribution in [0.1, 0.15) is 38.1 Å². The Labute approximate surface area is 108 Å². The Hall–Kier alpha value is -1.55. The maximum atomic E-state index is 12.0. The number of carbonyl (C=O) groups excluding carboxylic acids is 1. The summed E-state index contributed by atoms with van der Waals surface area (Å²) in [5, 5.41) is 12.8. The summed E-state index contributed by atoms with van der Waals surface area (Å²) in [6.45, 7) is 6.91. The molecular weight excluding hydrogens is 230 g/mol. The van der Waals surface area contributed by atoms with Crippen molar-refractivity contribution in [2.24, 2.45) is 0 Å². The van der Waals surface area contributed by atoms with E-state index in [4.69, 9.17) is 4.74 Å². The van der Waals surface area contributed by atoms with Gasteiger partial charge >= 0.3 is 0 Å². The molecule has 18 heavy (non-hydrogen) atoms. The lowest BCUT2D eigenvalue weighted by molar-refractivity contribution is -0.00292. The molecule has 1 amide bonds. The highest BCUT2D eigenvalue weighted by atomic mass is 16.5. The van der Waals surface area contributed by atoms with E-state index in [-0.39, 0.29) is 5.91 Å². The van der Waals surface area contributed by atoms with Crippen molar-refractivity contribution in [2.45, 2.75) is 38.8 Å². The first kappa shape index (κ1) is 14.5. The molecule has 0 saturated heterocycles. The first-order chi connectivity index (χ1) is 8.17. The summed E-state index contributed by atoms with van der Waals surface area (Å²) < 4.78 is 5.03. The minimum atomic E-state index is -1.00. The Bertz CT molecular complexity index is 416. The van der Waals surface area contributed by atoms with Gasteiger partial charge < -0.3 is 15.2 Å². The lowest BCUT2D eigenvalue weighted by Gasteiger charge is -2.38. The van der Waals surface area contributed by atoms with Gasteiger partial charge in [0.2, 0.25) is 0 Å². The van der Waals surface area contributed by atoms with Crippen molar-refractivity contribution in [3.05, 3.63) is 29.8 Å². The molecule has 0 spiro atoms. The van der Waals surface area contributed by atoms with Gasteiger partial charge in [-0.1, -0.05) is 0 Å². The summed E-state index contributed by atoms with van der Waals surface area (Å²) in [5.74, 6) is 0.484. The summed E-state index contributed by atoms with van der Waals surface area (Å²) in [5.41, 5.74) is -1.19. The molecule has 4 nitrogen and oxygen atoms in total. The average Bonchev–Trinajstić information content (AvgIpc) is 2.27. The van der Waals surface area contributed by atoms with Crippen LogP contribution in [0.5, 0.6) is 5.75 Å². The van der Waals surface area contributed by atoms with E-state index >= 15 is 0 Å². The minimum Gasteiger partial charge on any atom is -0.497 e. The van der Waals surface area contributed by atoms with Crippen LogP contribution in [0.15, 0.2) is 24.3 Å². The second kappa shape index (κ2) is 4.98. The van der Waals surface area contributed by atoms with Crippen LogP contribution in [0, 0.1) is 0 Å². The van der Waals surface area contributed by atoms with Gasteiger partial charge in [0.05, 0.1) is 18.2 Å². The van der Waals surface area contributed by atoms with Crippen LogP contribution in [0.2, 0.25) is 0 Å². The maximum absolute atomic E-state index is 12.0. The Kier molecular flexibility index (Phi) is 4.02. The fraction of sp³-hybridized carbons (Fsp3) is 0.500. The van der Waals surface area contributed by atoms with Crippen molar-refractivity contribution in [3.63, 3.8) is 0 Å². The average molecular weight is 251 g/mol. The van der Waals surface area contributed by atoms with E-state index in [1.165, 1.54) is 0 Å². The molecular formula is C14H21NO3. The number of carbonyl (C=O) groups is 1. The molecule has 100 valence electrons. The normalized spacial score (nSPS) is 12.1. The summed E-state index contributed by atoms with van der Waals surface area (Å²) >= 11 is 0. The zero-order chi connectivity index (χ0) is 14.0. The van der Waals surface area contributed by atoms with E-state index in [2.05, 4.69) is 5.32 Å². The van der Waals surface area contributed by atoms with E-state index in [0.29, 0.717) is 11.3 Å². The molecule has 1 aromatic rings. The maximum Gasteiger partial charge on any atom is 0.251 e. The second-order valence-electron chi connectivity index (χ2n) is 5.37. The van der Waals surface area contributed by atoms with Crippen molar-refractivity contribution in [1.82, 2.24) is 5.32 Å². The number of methoxy groups -OCH3 is 1. The highest BCUT2D eigenvalue weighted by Gasteiger charge is 2.36. The zero-order valence-corrected chi connectivity index (χ0v) is 11.6. The van der Waals surface area contributed by atoms with E-state index in [9.17, 15) is 9.90 Å². The van der Waals surface area contributed by atoms with Crippen molar-refractivity contribution in [2.75, 3.05) is 7.11 Å². The van der Waals surface area contributed by atoms with Gasteiger partial charge in [0.15, 0.2) is 0 Å². The van der Waals surface area contributed by atoms with Gasteiger partial charge in [0, 0.05) is 5.56 Å². The molecule has 2 N–H and O–H groups in total. The van der Waals surface area contributed by atoms with Gasteiger partial charge in [-0.25, -0.2) is 0 Å². The molecule has 0 heterocycles. The van der Waals surface area contributed by atoms with E-state index < -0.39 is 11.1 Å². The number of benzene rings is 1. The van der Waals surface area contributed by atoms with Crippen LogP contribution >= 0.6 is 0 Å². The van der Waals surface area contributed by atoms with Gasteiger partial charge in [-0.3, -0.25) is 4.79 Å². The summed E-state index contributed by atoms with van der Waals surface area (Å²) in [4.78, 5) is 12.0. The Morgan fingerprint density at radius 1 is 1.17 bits per heavy atom. The highest BCUT2D eigenvalue weighted by molar-refractivity contribution is 5.94. The third-order valence-corrected chi connectivity index (χ3v) is 3.31. The first-order valence-electron chi connectivity index (χ1n) is 5.86. The highest BCUT2D eigenvalue weighted by Crippen LogP contribution is 2.21. The molecule has 0 unspecified atom stereocenters. The Morgan fingerprint density at radius 2 is 1.67 bits per heavy atom. The predicted octanol–water partition coefficient (Wildman–Crippen LogP) is 1.97. The molecule has 0 atom stereocenters. The fourth-order valence-corrected chi connectivity index (χ4v) is 1.25. The molecule has 0 saturated carbocycles. The predicted molar refractivity (Wildman–Crippen MR) is 70.8 cm³/mol. The number of ether oxygens (including phenoxy) is 1. The van der Waals surface area contributed by atoms with Crippen molar-refractivity contribution in [1.29, 1.82) is 0 Å². The molecule has 0 aromatic heterocycles. The number of aliphatic hydroxyl groups is 1. The number of nitrogens with one attached hydrogen (secondary N) is 1. The van der Waals surface area contributed by atoms with Crippen LogP contribution in [0.4, 0.5) is 0 Å². The third-order valence-electron chi connectivity index (χ3n) is 3.31. The van der Waals surface area contributed by atoms with Crippen molar-refractivity contribution in [3.8, 4) is 5.75 Å². The monoisotopic (exact) mass is 251 g/mol. The van der Waals surface area contributed by atoms with Gasteiger partial charge in [0.1, 0.15) is 5.75 Å². The molecule has 4 heteroatoms. The quantitative estimate of drug-likeness (QED) is 0.860. The summed E-state index contributed by atoms with van der Waals surface area (Å²) in [6.07, 6.45) is 0. The lowest BCUT2D eigenvalue weighted by atomic mass is 9.86. The van der Waals surface area contributed by atoms with Crippen molar-refractivity contribution < 1.29 is 14.6 Å². The van der Waals surface area contributed by atoms with Crippen LogP contribution < -0.4 is 10.1 Å². The number of rotatable bonds is 4. The van der Waals surface area contributed by atoms with Gasteiger partial charge in [-0.15, -0.1) is 0 Å². The SMILES string of the molecule is COc1ccc(C(=O)NC(C)(C)C(C)(C)O)cc1. The largest absolute Gasteiger partial charge is 0.497 e. The van der Waals surface area contributed by atoms with Crippen LogP contribution in [-0.2, 0) is 0 Å². The molecule has 1 rings (SSSR count). The number of hydrogen-bond acceptors (Lipinski definition) is 3. The standard InChI is InChI=1S/C14H21NO3/c1-13(2,14(3,4)17)15-12(16)10-6-8-11(18-5)9-7-10/h6-9,17H,1-5H3,(H,15,16). The molecule has 0 aliphatic carbocycles. The fourth-order valence-electron chi connectivity index (χ4n) is 1.25. The first-order valence-corrected chi connectivity index (χ1v) is 5.86. The minimum absolute atomic E-state index is 0.218. The van der Waals surface area contributed by atoms with Gasteiger partial charge in [-0.05, 0) is 52.0 Å². The topological polar surface area (TPSA) is 58.6 Å². The molecule has 0 fully saturated rings. The summed E-state index contributed by atoms with van der Waals surface area (Å²) in [7, 11) is 1.58. The van der Waals surface area contributed by atoms with E-state index in [0.717, 1.165) is 0 Å². The summed E-state index contributed by atoms with van der Waals surface area (Å²) in [6, 6.07) is 6.83. The Morgan fingerprint density at radius 3 is 2.06 bits per heavy atom.